The number of hydrogen-bond donors (Lipinski definition) is 1. The second kappa shape index (κ2) is 5.49. The van der Waals surface area contributed by atoms with Gasteiger partial charge in [-0.05, 0) is 17.7 Å². The van der Waals surface area contributed by atoms with Gasteiger partial charge in [0.2, 0.25) is 0 Å². The second-order valence-corrected chi connectivity index (χ2v) is 5.51. The molecule has 6 heteroatoms. The zero-order valence-electron chi connectivity index (χ0n) is 13.2. The summed E-state index contributed by atoms with van der Waals surface area (Å²) in [4.78, 5) is 7.51. The number of ether oxygens (including phenoxy) is 1. The van der Waals surface area contributed by atoms with Crippen LogP contribution in [0.1, 0.15) is 0 Å². The number of fused-ring (bicyclic) bond motifs is 1. The summed E-state index contributed by atoms with van der Waals surface area (Å²) in [5, 5.41) is 5.07. The number of methoxy groups -OCH3 is 1. The first-order valence-corrected chi connectivity index (χ1v) is 7.47. The molecule has 0 bridgehead atoms. The van der Waals surface area contributed by atoms with E-state index >= 15 is 0 Å². The Bertz CT molecular complexity index is 1030. The molecule has 0 fully saturated rings. The standard InChI is InChI=1S/C18H15FN4O/c1-23-10-11(8-22-23)14-9-21-18-16(14)12(6-7-20-18)13-4-3-5-15(24-2)17(13)19/h3-10H,1-2H3,(H,20,21). The maximum absolute atomic E-state index is 14.8. The number of aromatic amines is 1. The van der Waals surface area contributed by atoms with Crippen molar-refractivity contribution in [2.24, 2.45) is 7.05 Å². The van der Waals surface area contributed by atoms with Crippen molar-refractivity contribution in [3.05, 3.63) is 54.9 Å². The number of nitrogens with zero attached hydrogens (tertiary/aromatic N) is 3. The first-order valence-electron chi connectivity index (χ1n) is 7.47. The average molecular weight is 322 g/mol. The minimum absolute atomic E-state index is 0.218. The topological polar surface area (TPSA) is 55.7 Å². The minimum Gasteiger partial charge on any atom is -0.494 e. The Hall–Kier alpha value is -3.15. The summed E-state index contributed by atoms with van der Waals surface area (Å²) in [6, 6.07) is 6.94. The first-order chi connectivity index (χ1) is 11.7. The predicted molar refractivity (Wildman–Crippen MR) is 90.2 cm³/mol. The fourth-order valence-corrected chi connectivity index (χ4v) is 2.95. The smallest absolute Gasteiger partial charge is 0.172 e. The van der Waals surface area contributed by atoms with Gasteiger partial charge in [-0.15, -0.1) is 0 Å². The zero-order chi connectivity index (χ0) is 16.7. The van der Waals surface area contributed by atoms with Crippen molar-refractivity contribution in [1.29, 1.82) is 0 Å². The van der Waals surface area contributed by atoms with Gasteiger partial charge < -0.3 is 9.72 Å². The van der Waals surface area contributed by atoms with Gasteiger partial charge in [0, 0.05) is 47.7 Å². The molecule has 0 aliphatic heterocycles. The van der Waals surface area contributed by atoms with Crippen LogP contribution in [-0.4, -0.2) is 26.9 Å². The van der Waals surface area contributed by atoms with Gasteiger partial charge in [0.05, 0.1) is 13.3 Å². The second-order valence-electron chi connectivity index (χ2n) is 5.51. The van der Waals surface area contributed by atoms with Crippen molar-refractivity contribution in [1.82, 2.24) is 19.7 Å². The molecular weight excluding hydrogens is 307 g/mol. The quantitative estimate of drug-likeness (QED) is 0.624. The van der Waals surface area contributed by atoms with Crippen LogP contribution in [0.3, 0.4) is 0 Å². The van der Waals surface area contributed by atoms with Crippen LogP contribution in [0.4, 0.5) is 4.39 Å². The van der Waals surface area contributed by atoms with E-state index in [4.69, 9.17) is 4.74 Å². The van der Waals surface area contributed by atoms with Crippen molar-refractivity contribution < 1.29 is 9.13 Å². The average Bonchev–Trinajstić information content (AvgIpc) is 3.21. The van der Waals surface area contributed by atoms with Crippen molar-refractivity contribution in [2.75, 3.05) is 7.11 Å². The van der Waals surface area contributed by atoms with Crippen LogP contribution >= 0.6 is 0 Å². The van der Waals surface area contributed by atoms with Crippen molar-refractivity contribution in [3.8, 4) is 28.0 Å². The number of rotatable bonds is 3. The molecule has 5 nitrogen and oxygen atoms in total. The molecule has 1 aromatic carbocycles. The Morgan fingerprint density at radius 3 is 2.79 bits per heavy atom. The van der Waals surface area contributed by atoms with Crippen LogP contribution in [-0.2, 0) is 7.05 Å². The molecule has 0 spiro atoms. The molecule has 0 aliphatic rings. The molecule has 3 aromatic heterocycles. The van der Waals surface area contributed by atoms with Crippen molar-refractivity contribution in [2.45, 2.75) is 0 Å². The number of aryl methyl sites for hydroxylation is 1. The van der Waals surface area contributed by atoms with E-state index in [0.29, 0.717) is 11.2 Å². The summed E-state index contributed by atoms with van der Waals surface area (Å²) in [7, 11) is 3.32. The first kappa shape index (κ1) is 14.4. The highest BCUT2D eigenvalue weighted by Gasteiger charge is 2.17. The molecule has 0 radical (unpaired) electrons. The van der Waals surface area contributed by atoms with Gasteiger partial charge in [0.1, 0.15) is 5.65 Å². The number of H-pyrrole nitrogens is 1. The van der Waals surface area contributed by atoms with E-state index in [9.17, 15) is 4.39 Å². The molecule has 0 aliphatic carbocycles. The lowest BCUT2D eigenvalue weighted by atomic mass is 9.98. The molecule has 120 valence electrons. The van der Waals surface area contributed by atoms with Crippen LogP contribution in [0.2, 0.25) is 0 Å². The highest BCUT2D eigenvalue weighted by Crippen LogP contribution is 2.37. The summed E-state index contributed by atoms with van der Waals surface area (Å²) < 4.78 is 21.6. The summed E-state index contributed by atoms with van der Waals surface area (Å²) in [5.41, 5.74) is 3.82. The molecule has 0 unspecified atom stereocenters. The SMILES string of the molecule is COc1cccc(-c2ccnc3[nH]cc(-c4cnn(C)c4)c23)c1F. The molecule has 1 N–H and O–H groups in total. The van der Waals surface area contributed by atoms with E-state index in [2.05, 4.69) is 15.1 Å². The maximum atomic E-state index is 14.8. The van der Waals surface area contributed by atoms with E-state index in [0.717, 1.165) is 22.1 Å². The van der Waals surface area contributed by atoms with E-state index in [1.807, 2.05) is 25.5 Å². The Labute approximate surface area is 137 Å². The Morgan fingerprint density at radius 1 is 1.17 bits per heavy atom. The predicted octanol–water partition coefficient (Wildman–Crippen LogP) is 3.78. The molecule has 0 amide bonds. The molecular formula is C18H15FN4O. The number of benzene rings is 1. The van der Waals surface area contributed by atoms with Gasteiger partial charge in [-0.25, -0.2) is 9.37 Å². The van der Waals surface area contributed by atoms with Gasteiger partial charge in [0.15, 0.2) is 11.6 Å². The third-order valence-corrected chi connectivity index (χ3v) is 4.06. The lowest BCUT2D eigenvalue weighted by Gasteiger charge is -2.09. The van der Waals surface area contributed by atoms with Crippen molar-refractivity contribution in [3.63, 3.8) is 0 Å². The fraction of sp³-hybridized carbons (Fsp3) is 0.111. The summed E-state index contributed by atoms with van der Waals surface area (Å²) >= 11 is 0. The number of aromatic nitrogens is 4. The van der Waals surface area contributed by atoms with Crippen LogP contribution in [0.5, 0.6) is 5.75 Å². The molecule has 0 saturated carbocycles. The minimum atomic E-state index is -0.383. The molecule has 4 rings (SSSR count). The van der Waals surface area contributed by atoms with Crippen LogP contribution in [0, 0.1) is 5.82 Å². The van der Waals surface area contributed by atoms with E-state index in [-0.39, 0.29) is 11.6 Å². The van der Waals surface area contributed by atoms with E-state index in [1.165, 1.54) is 7.11 Å². The normalized spacial score (nSPS) is 11.1. The highest BCUT2D eigenvalue weighted by molar-refractivity contribution is 6.04. The lowest BCUT2D eigenvalue weighted by molar-refractivity contribution is 0.387. The van der Waals surface area contributed by atoms with E-state index < -0.39 is 0 Å². The molecule has 0 saturated heterocycles. The molecule has 24 heavy (non-hydrogen) atoms. The third-order valence-electron chi connectivity index (χ3n) is 4.06. The molecule has 0 atom stereocenters. The number of hydrogen-bond acceptors (Lipinski definition) is 3. The number of halogens is 1. The van der Waals surface area contributed by atoms with Crippen LogP contribution in [0.15, 0.2) is 49.1 Å². The van der Waals surface area contributed by atoms with Gasteiger partial charge in [-0.1, -0.05) is 12.1 Å². The fourth-order valence-electron chi connectivity index (χ4n) is 2.95. The summed E-state index contributed by atoms with van der Waals surface area (Å²) in [6.45, 7) is 0. The number of nitrogens with one attached hydrogen (secondary N) is 1. The Balaban J connectivity index is 2.02. The summed E-state index contributed by atoms with van der Waals surface area (Å²) in [6.07, 6.45) is 7.24. The molecule has 3 heterocycles. The van der Waals surface area contributed by atoms with Gasteiger partial charge in [-0.2, -0.15) is 5.10 Å². The highest BCUT2D eigenvalue weighted by atomic mass is 19.1. The maximum Gasteiger partial charge on any atom is 0.172 e. The lowest BCUT2D eigenvalue weighted by Crippen LogP contribution is -1.92. The Kier molecular flexibility index (Phi) is 3.30. The number of pyridine rings is 1. The Morgan fingerprint density at radius 2 is 2.04 bits per heavy atom. The van der Waals surface area contributed by atoms with E-state index in [1.54, 1.807) is 35.3 Å². The zero-order valence-corrected chi connectivity index (χ0v) is 13.2. The van der Waals surface area contributed by atoms with Gasteiger partial charge >= 0.3 is 0 Å². The largest absolute Gasteiger partial charge is 0.494 e. The van der Waals surface area contributed by atoms with Crippen molar-refractivity contribution >= 4 is 11.0 Å². The summed E-state index contributed by atoms with van der Waals surface area (Å²) in [5.74, 6) is -0.165. The monoisotopic (exact) mass is 322 g/mol. The van der Waals surface area contributed by atoms with Crippen LogP contribution in [0.25, 0.3) is 33.3 Å². The van der Waals surface area contributed by atoms with Gasteiger partial charge in [0.25, 0.3) is 0 Å². The van der Waals surface area contributed by atoms with Gasteiger partial charge in [-0.3, -0.25) is 4.68 Å². The molecule has 4 aromatic rings. The van der Waals surface area contributed by atoms with Crippen LogP contribution < -0.4 is 4.74 Å². The third kappa shape index (κ3) is 2.15.